The summed E-state index contributed by atoms with van der Waals surface area (Å²) >= 11 is 2.81. The van der Waals surface area contributed by atoms with Crippen LogP contribution in [0.25, 0.3) is 0 Å². The molecule has 0 aliphatic rings. The highest BCUT2D eigenvalue weighted by Gasteiger charge is 2.36. The van der Waals surface area contributed by atoms with Gasteiger partial charge < -0.3 is 9.63 Å². The van der Waals surface area contributed by atoms with Crippen molar-refractivity contribution in [2.45, 2.75) is 24.3 Å². The lowest BCUT2D eigenvalue weighted by molar-refractivity contribution is 0.0903. The van der Waals surface area contributed by atoms with E-state index in [9.17, 15) is 13.5 Å². The summed E-state index contributed by atoms with van der Waals surface area (Å²) in [5.74, 6) is 0.218. The summed E-state index contributed by atoms with van der Waals surface area (Å²) in [5, 5.41) is 20.4. The number of aryl methyl sites for hydroxylation is 2. The number of aliphatic hydroxyl groups is 1. The minimum atomic E-state index is -3.85. The normalized spacial score (nSPS) is 14.6. The Morgan fingerprint density at radius 3 is 2.67 bits per heavy atom. The van der Waals surface area contributed by atoms with Crippen molar-refractivity contribution in [1.82, 2.24) is 9.88 Å². The molecular formula is C15H16N2O4S3. The number of aromatic nitrogens is 1. The molecule has 24 heavy (non-hydrogen) atoms. The molecule has 0 spiro atoms. The van der Waals surface area contributed by atoms with Crippen molar-refractivity contribution in [2.75, 3.05) is 6.54 Å². The Morgan fingerprint density at radius 1 is 1.33 bits per heavy atom. The monoisotopic (exact) mass is 384 g/mol. The van der Waals surface area contributed by atoms with E-state index in [4.69, 9.17) is 4.52 Å². The second-order valence-corrected chi connectivity index (χ2v) is 8.76. The van der Waals surface area contributed by atoms with Crippen molar-refractivity contribution in [1.29, 1.82) is 0 Å². The Morgan fingerprint density at radius 2 is 2.12 bits per heavy atom. The van der Waals surface area contributed by atoms with Crippen LogP contribution < -0.4 is 4.72 Å². The highest BCUT2D eigenvalue weighted by molar-refractivity contribution is 7.89. The van der Waals surface area contributed by atoms with E-state index in [1.165, 1.54) is 22.7 Å². The van der Waals surface area contributed by atoms with Crippen LogP contribution >= 0.6 is 22.7 Å². The van der Waals surface area contributed by atoms with E-state index in [1.54, 1.807) is 26.0 Å². The Balaban J connectivity index is 1.93. The molecule has 0 saturated carbocycles. The molecular weight excluding hydrogens is 368 g/mol. The molecule has 0 aliphatic heterocycles. The molecule has 0 saturated heterocycles. The number of hydrogen-bond donors (Lipinski definition) is 2. The van der Waals surface area contributed by atoms with Crippen LogP contribution in [-0.4, -0.2) is 25.2 Å². The van der Waals surface area contributed by atoms with Crippen LogP contribution in [0.15, 0.2) is 43.8 Å². The molecule has 6 nitrogen and oxygen atoms in total. The van der Waals surface area contributed by atoms with Gasteiger partial charge in [0.15, 0.2) is 5.76 Å². The number of thiophene rings is 2. The zero-order valence-corrected chi connectivity index (χ0v) is 15.5. The Kier molecular flexibility index (Phi) is 4.63. The summed E-state index contributed by atoms with van der Waals surface area (Å²) in [7, 11) is -3.85. The second-order valence-electron chi connectivity index (χ2n) is 5.33. The largest absolute Gasteiger partial charge is 0.378 e. The summed E-state index contributed by atoms with van der Waals surface area (Å²) in [6.07, 6.45) is 0. The Bertz CT molecular complexity index is 859. The zero-order valence-electron chi connectivity index (χ0n) is 13.0. The fourth-order valence-corrected chi connectivity index (χ4v) is 5.43. The van der Waals surface area contributed by atoms with Gasteiger partial charge in [-0.2, -0.15) is 11.3 Å². The van der Waals surface area contributed by atoms with Crippen molar-refractivity contribution in [3.05, 3.63) is 56.2 Å². The van der Waals surface area contributed by atoms with Gasteiger partial charge in [-0.3, -0.25) is 0 Å². The summed E-state index contributed by atoms with van der Waals surface area (Å²) in [4.78, 5) is 0.684. The lowest BCUT2D eigenvalue weighted by atomic mass is 9.95. The van der Waals surface area contributed by atoms with Crippen molar-refractivity contribution < 1.29 is 18.0 Å². The van der Waals surface area contributed by atoms with Gasteiger partial charge in [-0.05, 0) is 42.1 Å². The molecule has 0 aromatic carbocycles. The second kappa shape index (κ2) is 6.41. The quantitative estimate of drug-likeness (QED) is 0.682. The first-order valence-electron chi connectivity index (χ1n) is 7.06. The third kappa shape index (κ3) is 3.05. The van der Waals surface area contributed by atoms with E-state index >= 15 is 0 Å². The number of nitrogens with one attached hydrogen (secondary N) is 1. The minimum absolute atomic E-state index is 0.0151. The molecule has 2 N–H and O–H groups in total. The van der Waals surface area contributed by atoms with Gasteiger partial charge in [0, 0.05) is 17.0 Å². The lowest BCUT2D eigenvalue weighted by Gasteiger charge is -2.26. The zero-order chi connectivity index (χ0) is 17.4. The summed E-state index contributed by atoms with van der Waals surface area (Å²) in [6, 6.07) is 5.39. The van der Waals surface area contributed by atoms with E-state index in [1.807, 2.05) is 22.2 Å². The first kappa shape index (κ1) is 17.3. The van der Waals surface area contributed by atoms with Gasteiger partial charge >= 0.3 is 0 Å². The topological polar surface area (TPSA) is 92.4 Å². The van der Waals surface area contributed by atoms with Crippen LogP contribution in [0.1, 0.15) is 21.9 Å². The van der Waals surface area contributed by atoms with Crippen LogP contribution in [0.5, 0.6) is 0 Å². The molecule has 0 radical (unpaired) electrons. The molecule has 3 heterocycles. The lowest BCUT2D eigenvalue weighted by Crippen LogP contribution is -2.41. The summed E-state index contributed by atoms with van der Waals surface area (Å²) in [6.45, 7) is 2.92. The van der Waals surface area contributed by atoms with Crippen LogP contribution in [0, 0.1) is 13.8 Å². The van der Waals surface area contributed by atoms with Gasteiger partial charge in [0.2, 0.25) is 10.0 Å². The fraction of sp³-hybridized carbons (Fsp3) is 0.267. The van der Waals surface area contributed by atoms with E-state index in [2.05, 4.69) is 9.88 Å². The molecule has 128 valence electrons. The Labute approximate surface area is 147 Å². The Hall–Kier alpha value is -1.52. The minimum Gasteiger partial charge on any atom is -0.378 e. The van der Waals surface area contributed by atoms with E-state index < -0.39 is 15.6 Å². The SMILES string of the molecule is Cc1noc(C)c1S(=O)(=O)NC[C@](O)(c1ccsc1)c1cccs1. The molecule has 0 amide bonds. The van der Waals surface area contributed by atoms with Gasteiger partial charge in [-0.1, -0.05) is 11.2 Å². The summed E-state index contributed by atoms with van der Waals surface area (Å²) in [5.41, 5.74) is -0.494. The highest BCUT2D eigenvalue weighted by atomic mass is 32.2. The third-order valence-corrected chi connectivity index (χ3v) is 7.03. The number of sulfonamides is 1. The molecule has 1 atom stereocenters. The number of rotatable bonds is 6. The predicted molar refractivity (Wildman–Crippen MR) is 92.8 cm³/mol. The number of nitrogens with zero attached hydrogens (tertiary/aromatic N) is 1. The molecule has 0 bridgehead atoms. The smallest absolute Gasteiger partial charge is 0.246 e. The molecule has 3 rings (SSSR count). The molecule has 3 aromatic heterocycles. The maximum Gasteiger partial charge on any atom is 0.246 e. The third-order valence-electron chi connectivity index (χ3n) is 3.68. The average molecular weight is 385 g/mol. The number of hydrogen-bond acceptors (Lipinski definition) is 7. The predicted octanol–water partition coefficient (Wildman–Crippen LogP) is 2.63. The first-order valence-corrected chi connectivity index (χ1v) is 10.4. The van der Waals surface area contributed by atoms with Gasteiger partial charge in [0.05, 0.1) is 0 Å². The van der Waals surface area contributed by atoms with Crippen LogP contribution in [0.3, 0.4) is 0 Å². The van der Waals surface area contributed by atoms with Crippen molar-refractivity contribution >= 4 is 32.7 Å². The maximum absolute atomic E-state index is 12.6. The van der Waals surface area contributed by atoms with E-state index in [0.29, 0.717) is 10.4 Å². The van der Waals surface area contributed by atoms with Gasteiger partial charge in [0.25, 0.3) is 0 Å². The molecule has 0 aliphatic carbocycles. The van der Waals surface area contributed by atoms with Crippen molar-refractivity contribution in [3.63, 3.8) is 0 Å². The fourth-order valence-electron chi connectivity index (χ4n) is 2.48. The maximum atomic E-state index is 12.6. The molecule has 9 heteroatoms. The van der Waals surface area contributed by atoms with E-state index in [-0.39, 0.29) is 22.9 Å². The van der Waals surface area contributed by atoms with Crippen molar-refractivity contribution in [3.8, 4) is 0 Å². The first-order chi connectivity index (χ1) is 11.3. The van der Waals surface area contributed by atoms with Crippen LogP contribution in [-0.2, 0) is 15.6 Å². The van der Waals surface area contributed by atoms with Gasteiger partial charge in [-0.25, -0.2) is 13.1 Å². The standard InChI is InChI=1S/C15H16N2O4S3/c1-10-14(11(2)21-17-10)24(19,20)16-9-15(18,12-5-7-22-8-12)13-4-3-6-23-13/h3-8,16,18H,9H2,1-2H3/t15-/m0/s1. The average Bonchev–Trinajstić information content (AvgIpc) is 3.27. The van der Waals surface area contributed by atoms with Crippen LogP contribution in [0.2, 0.25) is 0 Å². The summed E-state index contributed by atoms with van der Waals surface area (Å²) < 4.78 is 32.6. The highest BCUT2D eigenvalue weighted by Crippen LogP contribution is 2.34. The van der Waals surface area contributed by atoms with Crippen molar-refractivity contribution in [2.24, 2.45) is 0 Å². The molecule has 0 fully saturated rings. The van der Waals surface area contributed by atoms with Gasteiger partial charge in [-0.15, -0.1) is 11.3 Å². The molecule has 3 aromatic rings. The van der Waals surface area contributed by atoms with Gasteiger partial charge in [0.1, 0.15) is 16.2 Å². The van der Waals surface area contributed by atoms with Crippen LogP contribution in [0.4, 0.5) is 0 Å². The van der Waals surface area contributed by atoms with E-state index in [0.717, 1.165) is 0 Å². The molecule has 0 unspecified atom stereocenters.